The van der Waals surface area contributed by atoms with Crippen LogP contribution in [0.3, 0.4) is 0 Å². The molecule has 0 spiro atoms. The third kappa shape index (κ3) is 2.34. The summed E-state index contributed by atoms with van der Waals surface area (Å²) in [6.45, 7) is 0.218. The Labute approximate surface area is 116 Å². The second-order valence-corrected chi connectivity index (χ2v) is 4.72. The van der Waals surface area contributed by atoms with Crippen LogP contribution >= 0.6 is 0 Å². The van der Waals surface area contributed by atoms with Gasteiger partial charge in [-0.05, 0) is 31.4 Å². The smallest absolute Gasteiger partial charge is 0.240 e. The van der Waals surface area contributed by atoms with Gasteiger partial charge in [-0.25, -0.2) is 0 Å². The third-order valence-corrected chi connectivity index (χ3v) is 3.42. The zero-order valence-corrected chi connectivity index (χ0v) is 11.3. The lowest BCUT2D eigenvalue weighted by molar-refractivity contribution is 0.116. The lowest BCUT2D eigenvalue weighted by Gasteiger charge is -2.27. The third-order valence-electron chi connectivity index (χ3n) is 3.42. The maximum Gasteiger partial charge on any atom is 0.240 e. The maximum absolute atomic E-state index is 6.02. The van der Waals surface area contributed by atoms with E-state index < -0.39 is 0 Å². The van der Waals surface area contributed by atoms with Crippen molar-refractivity contribution in [2.75, 3.05) is 7.11 Å². The molecule has 0 atom stereocenters. The SMILES string of the molecule is COc1cccc(-c2noc(CN)n2)c1OC1CCC1. The van der Waals surface area contributed by atoms with Gasteiger partial charge in [-0.15, -0.1) is 0 Å². The number of hydrogen-bond donors (Lipinski definition) is 1. The number of rotatable bonds is 5. The molecule has 6 nitrogen and oxygen atoms in total. The highest BCUT2D eigenvalue weighted by Crippen LogP contribution is 2.39. The molecule has 0 radical (unpaired) electrons. The fourth-order valence-electron chi connectivity index (χ4n) is 2.08. The van der Waals surface area contributed by atoms with Crippen LogP contribution in [0.25, 0.3) is 11.4 Å². The topological polar surface area (TPSA) is 83.4 Å². The van der Waals surface area contributed by atoms with Gasteiger partial charge in [-0.3, -0.25) is 0 Å². The van der Waals surface area contributed by atoms with Gasteiger partial charge in [-0.2, -0.15) is 4.98 Å². The molecule has 0 saturated heterocycles. The van der Waals surface area contributed by atoms with Crippen molar-refractivity contribution < 1.29 is 14.0 Å². The molecule has 1 saturated carbocycles. The number of benzene rings is 1. The van der Waals surface area contributed by atoms with Crippen LogP contribution in [-0.2, 0) is 6.54 Å². The Morgan fingerprint density at radius 2 is 2.25 bits per heavy atom. The quantitative estimate of drug-likeness (QED) is 0.900. The molecular weight excluding hydrogens is 258 g/mol. The highest BCUT2D eigenvalue weighted by Gasteiger charge is 2.24. The molecule has 1 fully saturated rings. The second-order valence-electron chi connectivity index (χ2n) is 4.72. The van der Waals surface area contributed by atoms with Crippen molar-refractivity contribution in [3.05, 3.63) is 24.1 Å². The summed E-state index contributed by atoms with van der Waals surface area (Å²) in [4.78, 5) is 4.25. The lowest BCUT2D eigenvalue weighted by atomic mass is 9.96. The largest absolute Gasteiger partial charge is 0.493 e. The van der Waals surface area contributed by atoms with Crippen LogP contribution in [0.2, 0.25) is 0 Å². The number of nitrogens with two attached hydrogens (primary N) is 1. The molecular formula is C14H17N3O3. The van der Waals surface area contributed by atoms with E-state index in [4.69, 9.17) is 19.7 Å². The van der Waals surface area contributed by atoms with Crippen LogP contribution in [0.4, 0.5) is 0 Å². The predicted molar refractivity (Wildman–Crippen MR) is 72.4 cm³/mol. The van der Waals surface area contributed by atoms with Gasteiger partial charge >= 0.3 is 0 Å². The van der Waals surface area contributed by atoms with Crippen molar-refractivity contribution in [3.63, 3.8) is 0 Å². The normalized spacial score (nSPS) is 14.9. The average molecular weight is 275 g/mol. The fraction of sp³-hybridized carbons (Fsp3) is 0.429. The number of hydrogen-bond acceptors (Lipinski definition) is 6. The van der Waals surface area contributed by atoms with Gasteiger partial charge in [0.15, 0.2) is 11.5 Å². The van der Waals surface area contributed by atoms with Crippen molar-refractivity contribution in [1.29, 1.82) is 0 Å². The van der Waals surface area contributed by atoms with E-state index in [-0.39, 0.29) is 12.6 Å². The van der Waals surface area contributed by atoms with Crippen LogP contribution in [0.5, 0.6) is 11.5 Å². The summed E-state index contributed by atoms with van der Waals surface area (Å²) in [7, 11) is 1.62. The molecule has 0 aliphatic heterocycles. The van der Waals surface area contributed by atoms with E-state index in [1.54, 1.807) is 7.11 Å². The Morgan fingerprint density at radius 3 is 2.85 bits per heavy atom. The van der Waals surface area contributed by atoms with Crippen LogP contribution in [0.15, 0.2) is 22.7 Å². The fourth-order valence-corrected chi connectivity index (χ4v) is 2.08. The molecule has 2 N–H and O–H groups in total. The summed E-state index contributed by atoms with van der Waals surface area (Å²) in [6.07, 6.45) is 3.58. The molecule has 1 aliphatic carbocycles. The number of aromatic nitrogens is 2. The van der Waals surface area contributed by atoms with Gasteiger partial charge in [0.2, 0.25) is 11.7 Å². The molecule has 1 aliphatic rings. The van der Waals surface area contributed by atoms with Gasteiger partial charge in [0.05, 0.1) is 25.3 Å². The number of ether oxygens (including phenoxy) is 2. The molecule has 6 heteroatoms. The molecule has 1 aromatic carbocycles. The Kier molecular flexibility index (Phi) is 3.56. The van der Waals surface area contributed by atoms with Crippen molar-refractivity contribution in [2.45, 2.75) is 31.9 Å². The van der Waals surface area contributed by atoms with Crippen LogP contribution < -0.4 is 15.2 Å². The zero-order chi connectivity index (χ0) is 13.9. The van der Waals surface area contributed by atoms with Gasteiger partial charge in [0.1, 0.15) is 0 Å². The van der Waals surface area contributed by atoms with E-state index in [1.165, 1.54) is 6.42 Å². The average Bonchev–Trinajstić information content (AvgIpc) is 2.91. The Bertz CT molecular complexity index is 593. The number of methoxy groups -OCH3 is 1. The zero-order valence-electron chi connectivity index (χ0n) is 11.3. The molecule has 20 heavy (non-hydrogen) atoms. The first kappa shape index (κ1) is 12.9. The molecule has 0 bridgehead atoms. The van der Waals surface area contributed by atoms with Crippen LogP contribution in [0.1, 0.15) is 25.2 Å². The minimum absolute atomic E-state index is 0.218. The Hall–Kier alpha value is -2.08. The molecule has 0 amide bonds. The van der Waals surface area contributed by atoms with Crippen molar-refractivity contribution in [3.8, 4) is 22.9 Å². The van der Waals surface area contributed by atoms with Crippen molar-refractivity contribution in [1.82, 2.24) is 10.1 Å². The van der Waals surface area contributed by atoms with E-state index in [0.717, 1.165) is 18.4 Å². The van der Waals surface area contributed by atoms with E-state index in [9.17, 15) is 0 Å². The van der Waals surface area contributed by atoms with Crippen molar-refractivity contribution >= 4 is 0 Å². The van der Waals surface area contributed by atoms with E-state index in [0.29, 0.717) is 23.2 Å². The first-order chi connectivity index (χ1) is 9.81. The summed E-state index contributed by atoms with van der Waals surface area (Å²) < 4.78 is 16.5. The summed E-state index contributed by atoms with van der Waals surface area (Å²) in [6, 6.07) is 5.63. The lowest BCUT2D eigenvalue weighted by Crippen LogP contribution is -2.25. The monoisotopic (exact) mass is 275 g/mol. The highest BCUT2D eigenvalue weighted by molar-refractivity contribution is 5.68. The summed E-state index contributed by atoms with van der Waals surface area (Å²) in [5, 5.41) is 3.94. The summed E-state index contributed by atoms with van der Waals surface area (Å²) in [5.41, 5.74) is 6.26. The van der Waals surface area contributed by atoms with Crippen molar-refractivity contribution in [2.24, 2.45) is 5.73 Å². The first-order valence-electron chi connectivity index (χ1n) is 6.68. The Balaban J connectivity index is 1.99. The maximum atomic E-state index is 6.02. The van der Waals surface area contributed by atoms with Gasteiger partial charge in [0, 0.05) is 0 Å². The number of para-hydroxylation sites is 1. The van der Waals surface area contributed by atoms with Gasteiger partial charge < -0.3 is 19.7 Å². The standard InChI is InChI=1S/C14H17N3O3/c1-18-11-7-3-6-10(13(11)19-9-4-2-5-9)14-16-12(8-15)20-17-14/h3,6-7,9H,2,4-5,8,15H2,1H3. The minimum Gasteiger partial charge on any atom is -0.493 e. The molecule has 3 rings (SSSR count). The minimum atomic E-state index is 0.218. The van der Waals surface area contributed by atoms with E-state index >= 15 is 0 Å². The predicted octanol–water partition coefficient (Wildman–Crippen LogP) is 2.14. The van der Waals surface area contributed by atoms with Crippen LogP contribution in [0, 0.1) is 0 Å². The van der Waals surface area contributed by atoms with Crippen LogP contribution in [-0.4, -0.2) is 23.4 Å². The summed E-state index contributed by atoms with van der Waals surface area (Å²) >= 11 is 0. The second kappa shape index (κ2) is 5.50. The summed E-state index contributed by atoms with van der Waals surface area (Å²) in [5.74, 6) is 2.22. The Morgan fingerprint density at radius 1 is 1.40 bits per heavy atom. The molecule has 106 valence electrons. The van der Waals surface area contributed by atoms with E-state index in [1.807, 2.05) is 18.2 Å². The molecule has 1 heterocycles. The van der Waals surface area contributed by atoms with Gasteiger partial charge in [0.25, 0.3) is 0 Å². The molecule has 2 aromatic rings. The first-order valence-corrected chi connectivity index (χ1v) is 6.68. The molecule has 0 unspecified atom stereocenters. The van der Waals surface area contributed by atoms with Gasteiger partial charge in [-0.1, -0.05) is 11.2 Å². The molecule has 1 aromatic heterocycles. The van der Waals surface area contributed by atoms with E-state index in [2.05, 4.69) is 10.1 Å². The number of nitrogens with zero attached hydrogens (tertiary/aromatic N) is 2. The highest BCUT2D eigenvalue weighted by atomic mass is 16.5.